The largest absolute Gasteiger partial charge is 0.497 e. The summed E-state index contributed by atoms with van der Waals surface area (Å²) >= 11 is 0. The van der Waals surface area contributed by atoms with Crippen molar-refractivity contribution in [1.82, 2.24) is 15.5 Å². The minimum atomic E-state index is -1.60. The Morgan fingerprint density at radius 1 is 1.17 bits per heavy atom. The summed E-state index contributed by atoms with van der Waals surface area (Å²) in [5.41, 5.74) is 0.638. The third-order valence-electron chi connectivity index (χ3n) is 4.98. The van der Waals surface area contributed by atoms with E-state index in [1.54, 1.807) is 42.5 Å². The van der Waals surface area contributed by atoms with Gasteiger partial charge in [0.05, 0.1) is 25.3 Å². The normalized spacial score (nSPS) is 19.3. The van der Waals surface area contributed by atoms with Crippen LogP contribution in [0.3, 0.4) is 0 Å². The number of fused-ring (bicyclic) bond motifs is 1. The first kappa shape index (κ1) is 19.0. The molecule has 0 radical (unpaired) electrons. The average molecular weight is 400 g/mol. The molecule has 0 unspecified atom stereocenters. The van der Waals surface area contributed by atoms with E-state index in [1.807, 2.05) is 6.07 Å². The number of carbonyl (C=O) groups is 3. The summed E-state index contributed by atoms with van der Waals surface area (Å²) in [7, 11) is 1.52. The first-order valence-electron chi connectivity index (χ1n) is 9.07. The molecule has 0 aliphatic carbocycles. The van der Waals surface area contributed by atoms with E-state index >= 15 is 0 Å². The van der Waals surface area contributed by atoms with E-state index in [1.165, 1.54) is 12.0 Å². The zero-order valence-electron chi connectivity index (χ0n) is 16.0. The number of methoxy groups -OCH3 is 1. The Labute approximate surface area is 172 Å². The van der Waals surface area contributed by atoms with Crippen LogP contribution in [0.25, 0.3) is 0 Å². The summed E-state index contributed by atoms with van der Waals surface area (Å²) in [6, 6.07) is 13.1. The first-order chi connectivity index (χ1) is 14.4. The van der Waals surface area contributed by atoms with E-state index in [2.05, 4.69) is 22.5 Å². The van der Waals surface area contributed by atoms with E-state index < -0.39 is 17.5 Å². The SMILES string of the molecule is COc1ccc2c(c1)C(=O)N(C[C@@]1(C#Cc3cccc(C#N)c3)NC(=O)NC1=O)C2. The van der Waals surface area contributed by atoms with Crippen LogP contribution in [0.5, 0.6) is 5.75 Å². The van der Waals surface area contributed by atoms with Crippen LogP contribution in [-0.2, 0) is 11.3 Å². The van der Waals surface area contributed by atoms with Crippen LogP contribution in [-0.4, -0.2) is 41.9 Å². The van der Waals surface area contributed by atoms with Gasteiger partial charge >= 0.3 is 6.03 Å². The molecule has 2 aliphatic heterocycles. The van der Waals surface area contributed by atoms with Gasteiger partial charge in [0.15, 0.2) is 0 Å². The number of nitrogens with zero attached hydrogens (tertiary/aromatic N) is 2. The lowest BCUT2D eigenvalue weighted by molar-refractivity contribution is -0.122. The van der Waals surface area contributed by atoms with Crippen LogP contribution in [0, 0.1) is 23.2 Å². The molecule has 2 aromatic rings. The zero-order chi connectivity index (χ0) is 21.3. The predicted molar refractivity (Wildman–Crippen MR) is 105 cm³/mol. The summed E-state index contributed by atoms with van der Waals surface area (Å²) in [4.78, 5) is 38.8. The van der Waals surface area contributed by atoms with Gasteiger partial charge in [0.2, 0.25) is 5.54 Å². The Balaban J connectivity index is 1.66. The first-order valence-corrected chi connectivity index (χ1v) is 9.07. The molecule has 8 nitrogen and oxygen atoms in total. The molecule has 4 rings (SSSR count). The molecule has 0 saturated carbocycles. The second-order valence-electron chi connectivity index (χ2n) is 6.94. The predicted octanol–water partition coefficient (Wildman–Crippen LogP) is 1.15. The highest BCUT2D eigenvalue weighted by Crippen LogP contribution is 2.28. The fourth-order valence-corrected chi connectivity index (χ4v) is 3.46. The molecule has 0 aromatic heterocycles. The molecule has 2 N–H and O–H groups in total. The Morgan fingerprint density at radius 2 is 1.97 bits per heavy atom. The maximum Gasteiger partial charge on any atom is 0.323 e. The van der Waals surface area contributed by atoms with E-state index in [0.717, 1.165) is 5.56 Å². The molecule has 0 spiro atoms. The number of urea groups is 1. The van der Waals surface area contributed by atoms with E-state index in [0.29, 0.717) is 22.4 Å². The number of benzene rings is 2. The lowest BCUT2D eigenvalue weighted by atomic mass is 9.99. The second kappa shape index (κ2) is 7.26. The monoisotopic (exact) mass is 400 g/mol. The molecular weight excluding hydrogens is 384 g/mol. The Bertz CT molecular complexity index is 1190. The number of amides is 4. The van der Waals surface area contributed by atoms with E-state index in [-0.39, 0.29) is 19.0 Å². The van der Waals surface area contributed by atoms with Crippen LogP contribution in [0.1, 0.15) is 27.0 Å². The third kappa shape index (κ3) is 3.31. The summed E-state index contributed by atoms with van der Waals surface area (Å²) in [6.45, 7) is 0.167. The average Bonchev–Trinajstić information content (AvgIpc) is 3.21. The van der Waals surface area contributed by atoms with E-state index in [9.17, 15) is 14.4 Å². The molecule has 30 heavy (non-hydrogen) atoms. The fourth-order valence-electron chi connectivity index (χ4n) is 3.46. The number of carbonyl (C=O) groups excluding carboxylic acids is 3. The summed E-state index contributed by atoms with van der Waals surface area (Å²) in [5, 5.41) is 13.8. The number of hydrogen-bond donors (Lipinski definition) is 2. The van der Waals surface area contributed by atoms with Crippen molar-refractivity contribution < 1.29 is 19.1 Å². The Hall–Kier alpha value is -4.30. The molecule has 2 aromatic carbocycles. The van der Waals surface area contributed by atoms with Gasteiger partial charge in [-0.3, -0.25) is 14.9 Å². The fraction of sp³-hybridized carbons (Fsp3) is 0.182. The third-order valence-corrected chi connectivity index (χ3v) is 4.98. The van der Waals surface area contributed by atoms with Crippen LogP contribution < -0.4 is 15.4 Å². The molecule has 1 atom stereocenters. The van der Waals surface area contributed by atoms with E-state index in [4.69, 9.17) is 10.00 Å². The molecule has 1 saturated heterocycles. The summed E-state index contributed by atoms with van der Waals surface area (Å²) in [5.74, 6) is 5.32. The van der Waals surface area contributed by atoms with Gasteiger partial charge in [-0.2, -0.15) is 5.26 Å². The zero-order valence-corrected chi connectivity index (χ0v) is 16.0. The summed E-state index contributed by atoms with van der Waals surface area (Å²) in [6.07, 6.45) is 0. The van der Waals surface area contributed by atoms with Crippen LogP contribution >= 0.6 is 0 Å². The van der Waals surface area contributed by atoms with Gasteiger partial charge in [0, 0.05) is 17.7 Å². The molecular formula is C22H16N4O4. The maximum absolute atomic E-state index is 12.9. The summed E-state index contributed by atoms with van der Waals surface area (Å²) < 4.78 is 5.18. The maximum atomic E-state index is 12.9. The topological polar surface area (TPSA) is 112 Å². The van der Waals surface area contributed by atoms with Gasteiger partial charge in [-0.05, 0) is 35.9 Å². The lowest BCUT2D eigenvalue weighted by Gasteiger charge is -2.26. The van der Waals surface area contributed by atoms with Crippen molar-refractivity contribution in [3.8, 4) is 23.7 Å². The molecule has 8 heteroatoms. The van der Waals surface area contributed by atoms with Crippen LogP contribution in [0.4, 0.5) is 4.79 Å². The highest BCUT2D eigenvalue weighted by Gasteiger charge is 2.48. The van der Waals surface area contributed by atoms with Gasteiger partial charge in [0.1, 0.15) is 5.75 Å². The van der Waals surface area contributed by atoms with Crippen molar-refractivity contribution in [1.29, 1.82) is 5.26 Å². The van der Waals surface area contributed by atoms with Gasteiger partial charge in [-0.15, -0.1) is 0 Å². The van der Waals surface area contributed by atoms with Crippen molar-refractivity contribution in [3.63, 3.8) is 0 Å². The Kier molecular flexibility index (Phi) is 4.61. The van der Waals surface area contributed by atoms with Gasteiger partial charge < -0.3 is 15.0 Å². The van der Waals surface area contributed by atoms with Crippen LogP contribution in [0.15, 0.2) is 42.5 Å². The molecule has 2 heterocycles. The van der Waals surface area contributed by atoms with Crippen molar-refractivity contribution in [3.05, 3.63) is 64.7 Å². The van der Waals surface area contributed by atoms with Gasteiger partial charge in [0.25, 0.3) is 11.8 Å². The lowest BCUT2D eigenvalue weighted by Crippen LogP contribution is -2.54. The minimum absolute atomic E-state index is 0.120. The number of nitriles is 1. The quantitative estimate of drug-likeness (QED) is 0.593. The molecule has 1 fully saturated rings. The second-order valence-corrected chi connectivity index (χ2v) is 6.94. The Morgan fingerprint density at radius 3 is 2.67 bits per heavy atom. The number of ether oxygens (including phenoxy) is 1. The van der Waals surface area contributed by atoms with Gasteiger partial charge in [-0.1, -0.05) is 24.0 Å². The minimum Gasteiger partial charge on any atom is -0.497 e. The van der Waals surface area contributed by atoms with Crippen molar-refractivity contribution in [2.45, 2.75) is 12.1 Å². The van der Waals surface area contributed by atoms with Gasteiger partial charge in [-0.25, -0.2) is 4.79 Å². The highest BCUT2D eigenvalue weighted by molar-refractivity contribution is 6.10. The van der Waals surface area contributed by atoms with Crippen molar-refractivity contribution in [2.24, 2.45) is 0 Å². The molecule has 4 amide bonds. The van der Waals surface area contributed by atoms with Crippen LogP contribution in [0.2, 0.25) is 0 Å². The number of imide groups is 1. The van der Waals surface area contributed by atoms with Crippen molar-refractivity contribution >= 4 is 17.8 Å². The van der Waals surface area contributed by atoms with Crippen molar-refractivity contribution in [2.75, 3.05) is 13.7 Å². The standard InChI is InChI=1S/C22H16N4O4/c1-30-17-6-5-16-12-26(19(27)18(16)10-17)13-22(20(28)24-21(29)25-22)8-7-14-3-2-4-15(9-14)11-23/h2-6,9-10H,12-13H2,1H3,(H2,24,25,28,29)/t22-/m1/s1. The molecule has 2 aliphatic rings. The number of nitrogens with one attached hydrogen (secondary N) is 2. The number of hydrogen-bond acceptors (Lipinski definition) is 5. The molecule has 0 bridgehead atoms. The number of rotatable bonds is 3. The highest BCUT2D eigenvalue weighted by atomic mass is 16.5. The smallest absolute Gasteiger partial charge is 0.323 e. The molecule has 148 valence electrons.